The highest BCUT2D eigenvalue weighted by atomic mass is 32.1. The van der Waals surface area contributed by atoms with Crippen LogP contribution in [-0.4, -0.2) is 25.2 Å². The minimum absolute atomic E-state index is 0.0533. The number of esters is 1. The second-order valence-electron chi connectivity index (χ2n) is 4.00. The standard InChI is InChI=1S/C11H10F3NO3S/c1-18-9(16)7-5-3-2-4-6(5)19-8(7)15-10(17)11(12,13)14/h2-4H2,1H3,(H,15,17). The molecule has 4 nitrogen and oxygen atoms in total. The Morgan fingerprint density at radius 3 is 2.58 bits per heavy atom. The van der Waals surface area contributed by atoms with E-state index in [2.05, 4.69) is 4.74 Å². The molecule has 0 saturated carbocycles. The van der Waals surface area contributed by atoms with Crippen LogP contribution in [0.25, 0.3) is 0 Å². The van der Waals surface area contributed by atoms with E-state index in [4.69, 9.17) is 0 Å². The summed E-state index contributed by atoms with van der Waals surface area (Å²) in [7, 11) is 1.15. The third kappa shape index (κ3) is 2.58. The highest BCUT2D eigenvalue weighted by Gasteiger charge is 2.40. The van der Waals surface area contributed by atoms with Gasteiger partial charge in [-0.3, -0.25) is 4.79 Å². The van der Waals surface area contributed by atoms with Crippen molar-refractivity contribution in [3.8, 4) is 0 Å². The fourth-order valence-corrected chi connectivity index (χ4v) is 3.26. The third-order valence-corrected chi connectivity index (χ3v) is 4.00. The van der Waals surface area contributed by atoms with Crippen LogP contribution in [0, 0.1) is 0 Å². The number of hydrogen-bond acceptors (Lipinski definition) is 4. The number of halogens is 3. The molecular formula is C11H10F3NO3S. The van der Waals surface area contributed by atoms with Gasteiger partial charge in [0.25, 0.3) is 0 Å². The minimum Gasteiger partial charge on any atom is -0.465 e. The highest BCUT2D eigenvalue weighted by molar-refractivity contribution is 7.17. The van der Waals surface area contributed by atoms with Crippen molar-refractivity contribution in [3.63, 3.8) is 0 Å². The molecule has 0 unspecified atom stereocenters. The van der Waals surface area contributed by atoms with E-state index < -0.39 is 18.1 Å². The molecule has 104 valence electrons. The van der Waals surface area contributed by atoms with Crippen molar-refractivity contribution < 1.29 is 27.5 Å². The van der Waals surface area contributed by atoms with Crippen LogP contribution in [0.3, 0.4) is 0 Å². The van der Waals surface area contributed by atoms with Gasteiger partial charge in [-0.05, 0) is 24.8 Å². The van der Waals surface area contributed by atoms with Gasteiger partial charge >= 0.3 is 18.1 Å². The summed E-state index contributed by atoms with van der Waals surface area (Å²) < 4.78 is 41.3. The average Bonchev–Trinajstić information content (AvgIpc) is 2.86. The summed E-state index contributed by atoms with van der Waals surface area (Å²) in [6.45, 7) is 0. The van der Waals surface area contributed by atoms with Gasteiger partial charge in [-0.1, -0.05) is 0 Å². The van der Waals surface area contributed by atoms with Crippen LogP contribution in [-0.2, 0) is 22.4 Å². The van der Waals surface area contributed by atoms with Gasteiger partial charge in [-0.15, -0.1) is 11.3 Å². The number of carbonyl (C=O) groups is 2. The lowest BCUT2D eigenvalue weighted by molar-refractivity contribution is -0.167. The smallest absolute Gasteiger partial charge is 0.465 e. The van der Waals surface area contributed by atoms with Crippen molar-refractivity contribution in [1.82, 2.24) is 0 Å². The number of thiophene rings is 1. The fourth-order valence-electron chi connectivity index (χ4n) is 1.98. The van der Waals surface area contributed by atoms with Crippen LogP contribution >= 0.6 is 11.3 Å². The molecule has 19 heavy (non-hydrogen) atoms. The molecular weight excluding hydrogens is 283 g/mol. The number of nitrogens with one attached hydrogen (secondary N) is 1. The maximum atomic E-state index is 12.2. The lowest BCUT2D eigenvalue weighted by atomic mass is 10.1. The zero-order valence-electron chi connectivity index (χ0n) is 9.89. The molecule has 1 aromatic heterocycles. The summed E-state index contributed by atoms with van der Waals surface area (Å²) in [5.74, 6) is -2.81. The Balaban J connectivity index is 2.36. The van der Waals surface area contributed by atoms with Crippen molar-refractivity contribution in [2.75, 3.05) is 12.4 Å². The first kappa shape index (κ1) is 13.9. The highest BCUT2D eigenvalue weighted by Crippen LogP contribution is 2.39. The number of ether oxygens (including phenoxy) is 1. The molecule has 0 aromatic carbocycles. The van der Waals surface area contributed by atoms with Gasteiger partial charge in [0.1, 0.15) is 5.00 Å². The topological polar surface area (TPSA) is 55.4 Å². The van der Waals surface area contributed by atoms with E-state index >= 15 is 0 Å². The van der Waals surface area contributed by atoms with E-state index in [1.165, 1.54) is 0 Å². The molecule has 0 bridgehead atoms. The van der Waals surface area contributed by atoms with Crippen LogP contribution < -0.4 is 5.32 Å². The summed E-state index contributed by atoms with van der Waals surface area (Å²) in [4.78, 5) is 23.4. The molecule has 1 N–H and O–H groups in total. The Morgan fingerprint density at radius 1 is 1.32 bits per heavy atom. The number of alkyl halides is 3. The molecule has 0 atom stereocenters. The summed E-state index contributed by atoms with van der Waals surface area (Å²) in [6.07, 6.45) is -2.83. The number of anilines is 1. The summed E-state index contributed by atoms with van der Waals surface area (Å²) in [5, 5.41) is 1.66. The SMILES string of the molecule is COC(=O)c1c(NC(=O)C(F)(F)F)sc2c1CCC2. The van der Waals surface area contributed by atoms with Gasteiger partial charge in [0.15, 0.2) is 0 Å². The van der Waals surface area contributed by atoms with E-state index in [1.807, 2.05) is 0 Å². The first-order valence-corrected chi connectivity index (χ1v) is 6.27. The van der Waals surface area contributed by atoms with Crippen molar-refractivity contribution >= 4 is 28.2 Å². The summed E-state index contributed by atoms with van der Waals surface area (Å²) >= 11 is 1.00. The lowest BCUT2D eigenvalue weighted by Crippen LogP contribution is -2.30. The second-order valence-corrected chi connectivity index (χ2v) is 5.11. The van der Waals surface area contributed by atoms with Crippen LogP contribution in [0.15, 0.2) is 0 Å². The molecule has 1 aliphatic rings. The number of carbonyl (C=O) groups excluding carboxylic acids is 2. The molecule has 0 aliphatic heterocycles. The van der Waals surface area contributed by atoms with Gasteiger partial charge < -0.3 is 10.1 Å². The first-order chi connectivity index (χ1) is 8.84. The molecule has 1 aromatic rings. The van der Waals surface area contributed by atoms with Crippen molar-refractivity contribution in [1.29, 1.82) is 0 Å². The zero-order chi connectivity index (χ0) is 14.2. The fraction of sp³-hybridized carbons (Fsp3) is 0.455. The molecule has 0 fully saturated rings. The molecule has 0 saturated heterocycles. The number of amides is 1. The van der Waals surface area contributed by atoms with E-state index in [9.17, 15) is 22.8 Å². The van der Waals surface area contributed by atoms with E-state index in [0.29, 0.717) is 18.4 Å². The van der Waals surface area contributed by atoms with Crippen molar-refractivity contribution in [2.24, 2.45) is 0 Å². The molecule has 1 aliphatic carbocycles. The van der Waals surface area contributed by atoms with Gasteiger partial charge in [0, 0.05) is 4.88 Å². The number of methoxy groups -OCH3 is 1. The van der Waals surface area contributed by atoms with Crippen LogP contribution in [0.5, 0.6) is 0 Å². The van der Waals surface area contributed by atoms with E-state index in [1.54, 1.807) is 5.32 Å². The predicted octanol–water partition coefficient (Wildman–Crippen LogP) is 2.52. The molecule has 1 amide bonds. The summed E-state index contributed by atoms with van der Waals surface area (Å²) in [6, 6.07) is 0. The first-order valence-electron chi connectivity index (χ1n) is 5.45. The van der Waals surface area contributed by atoms with Gasteiger partial charge in [0.05, 0.1) is 12.7 Å². The van der Waals surface area contributed by atoms with Crippen LogP contribution in [0.1, 0.15) is 27.2 Å². The Labute approximate surface area is 110 Å². The Morgan fingerprint density at radius 2 is 2.00 bits per heavy atom. The van der Waals surface area contributed by atoms with Gasteiger partial charge in [-0.25, -0.2) is 4.79 Å². The van der Waals surface area contributed by atoms with Crippen molar-refractivity contribution in [3.05, 3.63) is 16.0 Å². The zero-order valence-corrected chi connectivity index (χ0v) is 10.7. The Kier molecular flexibility index (Phi) is 3.53. The van der Waals surface area contributed by atoms with Crippen molar-refractivity contribution in [2.45, 2.75) is 25.4 Å². The van der Waals surface area contributed by atoms with Gasteiger partial charge in [0.2, 0.25) is 0 Å². The molecule has 2 rings (SSSR count). The monoisotopic (exact) mass is 293 g/mol. The van der Waals surface area contributed by atoms with E-state index in [0.717, 1.165) is 29.7 Å². The van der Waals surface area contributed by atoms with Crippen LogP contribution in [0.4, 0.5) is 18.2 Å². The number of fused-ring (bicyclic) bond motifs is 1. The number of rotatable bonds is 2. The number of hydrogen-bond donors (Lipinski definition) is 1. The number of aryl methyl sites for hydroxylation is 1. The third-order valence-electron chi connectivity index (χ3n) is 2.80. The molecule has 0 spiro atoms. The molecule has 8 heteroatoms. The predicted molar refractivity (Wildman–Crippen MR) is 62.4 cm³/mol. The maximum absolute atomic E-state index is 12.2. The largest absolute Gasteiger partial charge is 0.471 e. The van der Waals surface area contributed by atoms with E-state index in [-0.39, 0.29) is 10.6 Å². The second kappa shape index (κ2) is 4.84. The Bertz CT molecular complexity index is 536. The quantitative estimate of drug-likeness (QED) is 0.852. The van der Waals surface area contributed by atoms with Crippen LogP contribution in [0.2, 0.25) is 0 Å². The average molecular weight is 293 g/mol. The molecule has 1 heterocycles. The Hall–Kier alpha value is -1.57. The molecule has 0 radical (unpaired) electrons. The maximum Gasteiger partial charge on any atom is 0.471 e. The minimum atomic E-state index is -4.98. The lowest BCUT2D eigenvalue weighted by Gasteiger charge is -2.08. The normalized spacial score (nSPS) is 14.1. The van der Waals surface area contributed by atoms with Gasteiger partial charge in [-0.2, -0.15) is 13.2 Å². The summed E-state index contributed by atoms with van der Waals surface area (Å²) in [5.41, 5.74) is 0.743.